The maximum Gasteiger partial charge on any atom is 0.226 e. The fourth-order valence-corrected chi connectivity index (χ4v) is 2.17. The Kier molecular flexibility index (Phi) is 4.00. The summed E-state index contributed by atoms with van der Waals surface area (Å²) in [6, 6.07) is 11.3. The molecule has 2 heterocycles. The van der Waals surface area contributed by atoms with Crippen LogP contribution in [0.4, 0.5) is 11.5 Å². The summed E-state index contributed by atoms with van der Waals surface area (Å²) in [5, 5.41) is 10.7. The highest BCUT2D eigenvalue weighted by molar-refractivity contribution is 6.00. The molecule has 0 aliphatic carbocycles. The quantitative estimate of drug-likeness (QED) is 0.756. The van der Waals surface area contributed by atoms with Crippen molar-refractivity contribution in [1.29, 1.82) is 0 Å². The summed E-state index contributed by atoms with van der Waals surface area (Å²) in [7, 11) is 0. The number of nitrogens with zero attached hydrogens (tertiary/aromatic N) is 2. The lowest BCUT2D eigenvalue weighted by molar-refractivity contribution is -0.115. The minimum atomic E-state index is -0.0779. The number of benzene rings is 1. The summed E-state index contributed by atoms with van der Waals surface area (Å²) in [4.78, 5) is 16.3. The maximum atomic E-state index is 12.0. The molecule has 0 aliphatic rings. The van der Waals surface area contributed by atoms with Gasteiger partial charge in [-0.05, 0) is 19.1 Å². The Hall–Kier alpha value is -2.89. The van der Waals surface area contributed by atoms with Crippen molar-refractivity contribution in [3.8, 4) is 0 Å². The van der Waals surface area contributed by atoms with Gasteiger partial charge in [0, 0.05) is 30.6 Å². The highest BCUT2D eigenvalue weighted by Gasteiger charge is 2.07. The fraction of sp³-hybridized carbons (Fsp3) is 0.188. The van der Waals surface area contributed by atoms with Gasteiger partial charge in [-0.2, -0.15) is 0 Å². The summed E-state index contributed by atoms with van der Waals surface area (Å²) < 4.78 is 4.94. The Balaban J connectivity index is 1.59. The van der Waals surface area contributed by atoms with Gasteiger partial charge in [0.15, 0.2) is 5.82 Å². The second-order valence-corrected chi connectivity index (χ2v) is 4.93. The zero-order valence-corrected chi connectivity index (χ0v) is 12.2. The third-order valence-electron chi connectivity index (χ3n) is 3.19. The molecule has 0 saturated carbocycles. The number of carbonyl (C=O) groups is 1. The number of aromatic nitrogens is 2. The number of amides is 1. The zero-order chi connectivity index (χ0) is 15.4. The van der Waals surface area contributed by atoms with Crippen molar-refractivity contribution >= 4 is 28.3 Å². The van der Waals surface area contributed by atoms with Gasteiger partial charge in [0.25, 0.3) is 0 Å². The molecule has 1 amide bonds. The molecule has 0 fully saturated rings. The summed E-state index contributed by atoms with van der Waals surface area (Å²) in [6.45, 7) is 2.30. The smallest absolute Gasteiger partial charge is 0.226 e. The highest BCUT2D eigenvalue weighted by atomic mass is 16.5. The van der Waals surface area contributed by atoms with Gasteiger partial charge in [-0.1, -0.05) is 23.4 Å². The van der Waals surface area contributed by atoms with Crippen LogP contribution in [0.2, 0.25) is 0 Å². The van der Waals surface area contributed by atoms with Gasteiger partial charge in [0.05, 0.1) is 11.2 Å². The van der Waals surface area contributed by atoms with Crippen molar-refractivity contribution in [2.45, 2.75) is 13.3 Å². The Labute approximate surface area is 127 Å². The molecule has 0 atom stereocenters. The molecule has 6 heteroatoms. The molecule has 3 rings (SSSR count). The average molecular weight is 296 g/mol. The summed E-state index contributed by atoms with van der Waals surface area (Å²) in [6.07, 6.45) is 2.04. The van der Waals surface area contributed by atoms with E-state index in [0.717, 1.165) is 22.4 Å². The molecule has 0 spiro atoms. The number of pyridine rings is 1. The van der Waals surface area contributed by atoms with E-state index in [2.05, 4.69) is 20.8 Å². The Morgan fingerprint density at radius 1 is 1.27 bits per heavy atom. The van der Waals surface area contributed by atoms with Gasteiger partial charge < -0.3 is 15.2 Å². The zero-order valence-electron chi connectivity index (χ0n) is 12.2. The first-order chi connectivity index (χ1) is 10.7. The minimum absolute atomic E-state index is 0.0779. The first-order valence-corrected chi connectivity index (χ1v) is 7.03. The van der Waals surface area contributed by atoms with E-state index in [1.165, 1.54) is 0 Å². The van der Waals surface area contributed by atoms with Crippen LogP contribution in [0.1, 0.15) is 12.2 Å². The van der Waals surface area contributed by atoms with Gasteiger partial charge in [0.2, 0.25) is 5.91 Å². The second-order valence-electron chi connectivity index (χ2n) is 4.93. The maximum absolute atomic E-state index is 12.0. The SMILES string of the molecule is Cc1cc(NCCC(=O)Nc2cccc3cccnc23)no1. The average Bonchev–Trinajstić information content (AvgIpc) is 2.93. The number of anilines is 2. The number of hydrogen-bond acceptors (Lipinski definition) is 5. The predicted molar refractivity (Wildman–Crippen MR) is 84.7 cm³/mol. The number of rotatable bonds is 5. The monoisotopic (exact) mass is 296 g/mol. The molecule has 0 bridgehead atoms. The standard InChI is InChI=1S/C16H16N4O2/c1-11-10-14(20-22-11)17-9-7-15(21)19-13-6-2-4-12-5-3-8-18-16(12)13/h2-6,8,10H,7,9H2,1H3,(H,17,20)(H,19,21). The lowest BCUT2D eigenvalue weighted by atomic mass is 10.2. The van der Waals surface area contributed by atoms with E-state index in [0.29, 0.717) is 18.8 Å². The summed E-state index contributed by atoms with van der Waals surface area (Å²) >= 11 is 0. The number of aryl methyl sites for hydroxylation is 1. The van der Waals surface area contributed by atoms with E-state index >= 15 is 0 Å². The Morgan fingerprint density at radius 3 is 2.95 bits per heavy atom. The molecule has 6 nitrogen and oxygen atoms in total. The van der Waals surface area contributed by atoms with E-state index in [9.17, 15) is 4.79 Å². The van der Waals surface area contributed by atoms with Crippen LogP contribution >= 0.6 is 0 Å². The van der Waals surface area contributed by atoms with Gasteiger partial charge in [0.1, 0.15) is 5.76 Å². The Morgan fingerprint density at radius 2 is 2.14 bits per heavy atom. The first-order valence-electron chi connectivity index (χ1n) is 7.03. The van der Waals surface area contributed by atoms with Gasteiger partial charge >= 0.3 is 0 Å². The van der Waals surface area contributed by atoms with Crippen molar-refractivity contribution in [2.75, 3.05) is 17.2 Å². The predicted octanol–water partition coefficient (Wildman–Crippen LogP) is 2.97. The van der Waals surface area contributed by atoms with Crippen LogP contribution in [0.5, 0.6) is 0 Å². The van der Waals surface area contributed by atoms with Crippen molar-refractivity contribution in [2.24, 2.45) is 0 Å². The van der Waals surface area contributed by atoms with E-state index in [4.69, 9.17) is 4.52 Å². The molecule has 2 aromatic heterocycles. The molecule has 0 radical (unpaired) electrons. The third kappa shape index (κ3) is 3.22. The first kappa shape index (κ1) is 14.1. The van der Waals surface area contributed by atoms with Gasteiger partial charge in [-0.25, -0.2) is 0 Å². The molecule has 0 unspecified atom stereocenters. The van der Waals surface area contributed by atoms with Crippen molar-refractivity contribution < 1.29 is 9.32 Å². The van der Waals surface area contributed by atoms with Crippen LogP contribution < -0.4 is 10.6 Å². The number of hydrogen-bond donors (Lipinski definition) is 2. The third-order valence-corrected chi connectivity index (χ3v) is 3.19. The van der Waals surface area contributed by atoms with Crippen LogP contribution in [-0.4, -0.2) is 22.6 Å². The van der Waals surface area contributed by atoms with E-state index < -0.39 is 0 Å². The van der Waals surface area contributed by atoms with Crippen LogP contribution in [0.25, 0.3) is 10.9 Å². The molecule has 2 N–H and O–H groups in total. The summed E-state index contributed by atoms with van der Waals surface area (Å²) in [5.74, 6) is 1.29. The van der Waals surface area contributed by atoms with Crippen LogP contribution in [-0.2, 0) is 4.79 Å². The van der Waals surface area contributed by atoms with Crippen molar-refractivity contribution in [3.05, 3.63) is 48.4 Å². The molecule has 0 saturated heterocycles. The molecule has 1 aromatic carbocycles. The van der Waals surface area contributed by atoms with Gasteiger partial charge in [-0.3, -0.25) is 9.78 Å². The normalized spacial score (nSPS) is 10.6. The number of carbonyl (C=O) groups excluding carboxylic acids is 1. The number of fused-ring (bicyclic) bond motifs is 1. The van der Waals surface area contributed by atoms with Crippen LogP contribution in [0.15, 0.2) is 47.1 Å². The second kappa shape index (κ2) is 6.26. The minimum Gasteiger partial charge on any atom is -0.367 e. The van der Waals surface area contributed by atoms with E-state index in [1.54, 1.807) is 12.3 Å². The highest BCUT2D eigenvalue weighted by Crippen LogP contribution is 2.20. The van der Waals surface area contributed by atoms with Crippen molar-refractivity contribution in [3.63, 3.8) is 0 Å². The number of nitrogens with one attached hydrogen (secondary N) is 2. The van der Waals surface area contributed by atoms with Crippen LogP contribution in [0.3, 0.4) is 0 Å². The molecule has 112 valence electrons. The lowest BCUT2D eigenvalue weighted by Crippen LogP contribution is -2.16. The summed E-state index contributed by atoms with van der Waals surface area (Å²) in [5.41, 5.74) is 1.51. The van der Waals surface area contributed by atoms with E-state index in [-0.39, 0.29) is 5.91 Å². The van der Waals surface area contributed by atoms with Gasteiger partial charge in [-0.15, -0.1) is 0 Å². The molecular weight excluding hydrogens is 280 g/mol. The molecule has 0 aliphatic heterocycles. The topological polar surface area (TPSA) is 80.0 Å². The van der Waals surface area contributed by atoms with Crippen LogP contribution in [0, 0.1) is 6.92 Å². The fourth-order valence-electron chi connectivity index (χ4n) is 2.17. The van der Waals surface area contributed by atoms with E-state index in [1.807, 2.05) is 37.3 Å². The van der Waals surface area contributed by atoms with Crippen molar-refractivity contribution in [1.82, 2.24) is 10.1 Å². The largest absolute Gasteiger partial charge is 0.367 e. The molecular formula is C16H16N4O2. The molecule has 3 aromatic rings. The number of para-hydroxylation sites is 1. The lowest BCUT2D eigenvalue weighted by Gasteiger charge is -2.08. The molecule has 22 heavy (non-hydrogen) atoms. The Bertz CT molecular complexity index is 792.